The topological polar surface area (TPSA) is 90.0 Å². The van der Waals surface area contributed by atoms with Crippen LogP contribution in [-0.4, -0.2) is 34.3 Å². The predicted molar refractivity (Wildman–Crippen MR) is 89.7 cm³/mol. The van der Waals surface area contributed by atoms with Crippen LogP contribution in [-0.2, 0) is 13.0 Å². The second-order valence-corrected chi connectivity index (χ2v) is 5.60. The maximum Gasteiger partial charge on any atom is 0.272 e. The Balaban J connectivity index is 0.00000192. The van der Waals surface area contributed by atoms with Gasteiger partial charge in [-0.05, 0) is 12.5 Å². The molecule has 7 heteroatoms. The lowest BCUT2D eigenvalue weighted by molar-refractivity contribution is 0.0910. The highest BCUT2D eigenvalue weighted by Crippen LogP contribution is 2.16. The fourth-order valence-corrected chi connectivity index (χ4v) is 2.68. The Morgan fingerprint density at radius 2 is 2.30 bits per heavy atom. The van der Waals surface area contributed by atoms with E-state index in [9.17, 15) is 9.90 Å². The number of hydrogen-bond acceptors (Lipinski definition) is 4. The molecule has 1 aliphatic heterocycles. The zero-order valence-electron chi connectivity index (χ0n) is 12.9. The molecule has 6 nitrogen and oxygen atoms in total. The molecule has 0 radical (unpaired) electrons. The number of aromatic nitrogens is 2. The molecule has 0 bridgehead atoms. The van der Waals surface area contributed by atoms with E-state index in [2.05, 4.69) is 20.8 Å². The van der Waals surface area contributed by atoms with Gasteiger partial charge in [0.15, 0.2) is 5.69 Å². The van der Waals surface area contributed by atoms with Crippen LogP contribution in [0, 0.1) is 6.92 Å². The van der Waals surface area contributed by atoms with Gasteiger partial charge in [0, 0.05) is 37.3 Å². The minimum absolute atomic E-state index is 0. The van der Waals surface area contributed by atoms with Gasteiger partial charge in [-0.3, -0.25) is 9.89 Å². The van der Waals surface area contributed by atoms with Crippen molar-refractivity contribution >= 4 is 18.3 Å². The van der Waals surface area contributed by atoms with Crippen molar-refractivity contribution in [2.24, 2.45) is 0 Å². The first kappa shape index (κ1) is 17.5. The zero-order chi connectivity index (χ0) is 15.5. The van der Waals surface area contributed by atoms with Gasteiger partial charge in [-0.2, -0.15) is 5.10 Å². The van der Waals surface area contributed by atoms with Gasteiger partial charge in [0.1, 0.15) is 0 Å². The minimum Gasteiger partial charge on any atom is -0.387 e. The number of hydrogen-bond donors (Lipinski definition) is 4. The molecular formula is C16H21ClN4O2. The predicted octanol–water partition coefficient (Wildman–Crippen LogP) is 1.25. The Labute approximate surface area is 141 Å². The van der Waals surface area contributed by atoms with Crippen LogP contribution >= 0.6 is 12.4 Å². The number of aliphatic hydroxyl groups is 1. The van der Waals surface area contributed by atoms with E-state index in [1.54, 1.807) is 0 Å². The smallest absolute Gasteiger partial charge is 0.272 e. The molecule has 1 aromatic heterocycles. The van der Waals surface area contributed by atoms with E-state index in [1.165, 1.54) is 0 Å². The number of benzene rings is 1. The first-order valence-corrected chi connectivity index (χ1v) is 7.45. The van der Waals surface area contributed by atoms with Crippen molar-refractivity contribution in [1.29, 1.82) is 0 Å². The van der Waals surface area contributed by atoms with Gasteiger partial charge in [-0.15, -0.1) is 12.4 Å². The van der Waals surface area contributed by atoms with Gasteiger partial charge in [0.05, 0.1) is 6.10 Å². The van der Waals surface area contributed by atoms with Crippen molar-refractivity contribution in [2.75, 3.05) is 13.1 Å². The number of rotatable bonds is 4. The van der Waals surface area contributed by atoms with Crippen LogP contribution in [0.15, 0.2) is 24.3 Å². The Morgan fingerprint density at radius 3 is 3.09 bits per heavy atom. The number of fused-ring (bicyclic) bond motifs is 1. The van der Waals surface area contributed by atoms with Crippen LogP contribution in [0.25, 0.3) is 0 Å². The van der Waals surface area contributed by atoms with E-state index in [0.29, 0.717) is 12.2 Å². The van der Waals surface area contributed by atoms with E-state index in [1.807, 2.05) is 31.2 Å². The Kier molecular flexibility index (Phi) is 5.76. The normalized spacial score (nSPS) is 14.5. The molecule has 0 spiro atoms. The highest BCUT2D eigenvalue weighted by atomic mass is 35.5. The van der Waals surface area contributed by atoms with E-state index in [4.69, 9.17) is 0 Å². The molecular weight excluding hydrogens is 316 g/mol. The number of carbonyl (C=O) groups excluding carboxylic acids is 1. The monoisotopic (exact) mass is 336 g/mol. The molecule has 0 saturated heterocycles. The molecule has 23 heavy (non-hydrogen) atoms. The number of amides is 1. The standard InChI is InChI=1S/C16H20N4O2.ClH/c1-10-3-2-4-11(7-10)14(21)9-18-16(22)15-12-8-17-6-5-13(12)19-20-15;/h2-4,7,14,17,21H,5-6,8-9H2,1H3,(H,18,22)(H,19,20);1H. The molecule has 2 aromatic rings. The van der Waals surface area contributed by atoms with Crippen LogP contribution in [0.3, 0.4) is 0 Å². The van der Waals surface area contributed by atoms with Gasteiger partial charge >= 0.3 is 0 Å². The average Bonchev–Trinajstić information content (AvgIpc) is 2.96. The summed E-state index contributed by atoms with van der Waals surface area (Å²) in [5.41, 5.74) is 4.23. The number of H-pyrrole nitrogens is 1. The molecule has 4 N–H and O–H groups in total. The molecule has 3 rings (SSSR count). The lowest BCUT2D eigenvalue weighted by Crippen LogP contribution is -2.31. The summed E-state index contributed by atoms with van der Waals surface area (Å²) in [4.78, 5) is 12.2. The zero-order valence-corrected chi connectivity index (χ0v) is 13.7. The number of carbonyl (C=O) groups is 1. The van der Waals surface area contributed by atoms with Crippen LogP contribution in [0.4, 0.5) is 0 Å². The Hall–Kier alpha value is -1.89. The summed E-state index contributed by atoms with van der Waals surface area (Å²) in [5.74, 6) is -0.257. The molecule has 0 fully saturated rings. The summed E-state index contributed by atoms with van der Waals surface area (Å²) < 4.78 is 0. The lowest BCUT2D eigenvalue weighted by Gasteiger charge is -2.14. The highest BCUT2D eigenvalue weighted by Gasteiger charge is 2.21. The maximum atomic E-state index is 12.2. The third-order valence-electron chi connectivity index (χ3n) is 3.90. The van der Waals surface area contributed by atoms with Crippen molar-refractivity contribution in [1.82, 2.24) is 20.8 Å². The summed E-state index contributed by atoms with van der Waals surface area (Å²) >= 11 is 0. The maximum absolute atomic E-state index is 12.2. The lowest BCUT2D eigenvalue weighted by atomic mass is 10.1. The number of aliphatic hydroxyl groups excluding tert-OH is 1. The second-order valence-electron chi connectivity index (χ2n) is 5.60. The summed E-state index contributed by atoms with van der Waals surface area (Å²) in [6.07, 6.45) is 0.124. The first-order chi connectivity index (χ1) is 10.6. The summed E-state index contributed by atoms with van der Waals surface area (Å²) in [6, 6.07) is 7.63. The first-order valence-electron chi connectivity index (χ1n) is 7.45. The van der Waals surface area contributed by atoms with Gasteiger partial charge in [-0.1, -0.05) is 29.8 Å². The number of nitrogens with zero attached hydrogens (tertiary/aromatic N) is 1. The molecule has 0 aliphatic carbocycles. The third-order valence-corrected chi connectivity index (χ3v) is 3.90. The van der Waals surface area contributed by atoms with Crippen LogP contribution in [0.5, 0.6) is 0 Å². The van der Waals surface area contributed by atoms with Crippen LogP contribution in [0.1, 0.15) is 39.0 Å². The average molecular weight is 337 g/mol. The Bertz CT molecular complexity index is 686. The van der Waals surface area contributed by atoms with Crippen LogP contribution < -0.4 is 10.6 Å². The molecule has 124 valence electrons. The van der Waals surface area contributed by atoms with Gasteiger partial charge in [0.2, 0.25) is 0 Å². The van der Waals surface area contributed by atoms with Crippen molar-refractivity contribution in [3.63, 3.8) is 0 Å². The number of halogens is 1. The largest absolute Gasteiger partial charge is 0.387 e. The fourth-order valence-electron chi connectivity index (χ4n) is 2.68. The fraction of sp³-hybridized carbons (Fsp3) is 0.375. The van der Waals surface area contributed by atoms with Gasteiger partial charge in [0.25, 0.3) is 5.91 Å². The van der Waals surface area contributed by atoms with E-state index in [-0.39, 0.29) is 24.9 Å². The van der Waals surface area contributed by atoms with Gasteiger partial charge < -0.3 is 15.7 Å². The minimum atomic E-state index is -0.725. The van der Waals surface area contributed by atoms with Crippen molar-refractivity contribution in [3.8, 4) is 0 Å². The number of aromatic amines is 1. The molecule has 1 aliphatic rings. The third kappa shape index (κ3) is 3.90. The van der Waals surface area contributed by atoms with E-state index < -0.39 is 6.10 Å². The highest BCUT2D eigenvalue weighted by molar-refractivity contribution is 5.94. The molecule has 1 aromatic carbocycles. The summed E-state index contributed by atoms with van der Waals surface area (Å²) in [6.45, 7) is 3.67. The number of nitrogens with one attached hydrogen (secondary N) is 3. The molecule has 1 atom stereocenters. The van der Waals surface area contributed by atoms with Crippen LogP contribution in [0.2, 0.25) is 0 Å². The van der Waals surface area contributed by atoms with E-state index >= 15 is 0 Å². The van der Waals surface area contributed by atoms with Crippen molar-refractivity contribution in [3.05, 3.63) is 52.3 Å². The molecule has 1 unspecified atom stereocenters. The number of aryl methyl sites for hydroxylation is 1. The summed E-state index contributed by atoms with van der Waals surface area (Å²) in [7, 11) is 0. The van der Waals surface area contributed by atoms with E-state index in [0.717, 1.165) is 35.3 Å². The summed E-state index contributed by atoms with van der Waals surface area (Å²) in [5, 5.41) is 23.2. The Morgan fingerprint density at radius 1 is 1.48 bits per heavy atom. The van der Waals surface area contributed by atoms with Crippen molar-refractivity contribution in [2.45, 2.75) is 26.0 Å². The molecule has 2 heterocycles. The molecule has 1 amide bonds. The van der Waals surface area contributed by atoms with Gasteiger partial charge in [-0.25, -0.2) is 0 Å². The SMILES string of the molecule is Cc1cccc(C(O)CNC(=O)c2n[nH]c3c2CNCC3)c1.Cl. The second kappa shape index (κ2) is 7.59. The van der Waals surface area contributed by atoms with Crippen molar-refractivity contribution < 1.29 is 9.90 Å². The molecule has 0 saturated carbocycles. The quantitative estimate of drug-likeness (QED) is 0.676.